The average molecular weight is 286 g/mol. The highest BCUT2D eigenvalue weighted by Gasteiger charge is 2.47. The lowest BCUT2D eigenvalue weighted by Gasteiger charge is -2.23. The minimum Gasteiger partial charge on any atom is -0.324 e. The summed E-state index contributed by atoms with van der Waals surface area (Å²) in [6.45, 7) is 3.54. The van der Waals surface area contributed by atoms with E-state index in [1.165, 1.54) is 24.1 Å². The molecule has 0 aromatic heterocycles. The molecule has 0 bridgehead atoms. The second-order valence-corrected chi connectivity index (χ2v) is 5.23. The van der Waals surface area contributed by atoms with E-state index in [0.29, 0.717) is 6.42 Å². The van der Waals surface area contributed by atoms with E-state index in [1.54, 1.807) is 13.0 Å². The first-order valence-electron chi connectivity index (χ1n) is 6.42. The third-order valence-corrected chi connectivity index (χ3v) is 3.90. The van der Waals surface area contributed by atoms with Crippen molar-refractivity contribution in [1.29, 1.82) is 0 Å². The van der Waals surface area contributed by atoms with Crippen molar-refractivity contribution in [1.82, 2.24) is 10.2 Å². The van der Waals surface area contributed by atoms with E-state index in [0.717, 1.165) is 6.07 Å². The van der Waals surface area contributed by atoms with Crippen LogP contribution in [0.5, 0.6) is 0 Å². The van der Waals surface area contributed by atoms with Crippen molar-refractivity contribution < 1.29 is 18.0 Å². The number of hydrogen-bond donors (Lipinski definition) is 1. The number of carbonyl (C=O) groups is 1. The summed E-state index contributed by atoms with van der Waals surface area (Å²) >= 11 is 0. The Kier molecular flexibility index (Phi) is 3.54. The van der Waals surface area contributed by atoms with Crippen LogP contribution in [-0.4, -0.2) is 23.4 Å². The second-order valence-electron chi connectivity index (χ2n) is 5.23. The third-order valence-electron chi connectivity index (χ3n) is 3.90. The molecule has 0 radical (unpaired) electrons. The second kappa shape index (κ2) is 4.77. The van der Waals surface area contributed by atoms with Gasteiger partial charge in [0.25, 0.3) is 0 Å². The highest BCUT2D eigenvalue weighted by Crippen LogP contribution is 2.38. The molecule has 1 aliphatic heterocycles. The summed E-state index contributed by atoms with van der Waals surface area (Å²) in [5.74, 6) is -0.193. The standard InChI is InChI=1S/C14H17F3N2O/c1-4-13(2)12(20)19(3)11(18-13)9-7-5-6-8-10(9)14(15,16)17/h5-8,11,18H,4H2,1-3H3. The monoisotopic (exact) mass is 286 g/mol. The van der Waals surface area contributed by atoms with Crippen LogP contribution in [0.25, 0.3) is 0 Å². The van der Waals surface area contributed by atoms with Crippen molar-refractivity contribution in [3.8, 4) is 0 Å². The summed E-state index contributed by atoms with van der Waals surface area (Å²) in [4.78, 5) is 13.5. The van der Waals surface area contributed by atoms with Crippen molar-refractivity contribution in [3.63, 3.8) is 0 Å². The van der Waals surface area contributed by atoms with E-state index in [-0.39, 0.29) is 11.5 Å². The van der Waals surface area contributed by atoms with E-state index < -0.39 is 23.4 Å². The zero-order valence-electron chi connectivity index (χ0n) is 11.6. The molecule has 110 valence electrons. The van der Waals surface area contributed by atoms with E-state index in [4.69, 9.17) is 0 Å². The number of nitrogens with one attached hydrogen (secondary N) is 1. The molecule has 2 rings (SSSR count). The van der Waals surface area contributed by atoms with Crippen LogP contribution < -0.4 is 5.32 Å². The van der Waals surface area contributed by atoms with Crippen LogP contribution >= 0.6 is 0 Å². The van der Waals surface area contributed by atoms with Crippen molar-refractivity contribution >= 4 is 5.91 Å². The summed E-state index contributed by atoms with van der Waals surface area (Å²) in [6, 6.07) is 5.34. The molecule has 1 saturated heterocycles. The molecular formula is C14H17F3N2O. The summed E-state index contributed by atoms with van der Waals surface area (Å²) < 4.78 is 39.2. The summed E-state index contributed by atoms with van der Waals surface area (Å²) in [7, 11) is 1.52. The van der Waals surface area contributed by atoms with Gasteiger partial charge in [-0.25, -0.2) is 0 Å². The fourth-order valence-electron chi connectivity index (χ4n) is 2.50. The van der Waals surface area contributed by atoms with Crippen LogP contribution in [0.3, 0.4) is 0 Å². The Labute approximate surface area is 115 Å². The van der Waals surface area contributed by atoms with Gasteiger partial charge in [0, 0.05) is 12.6 Å². The maximum atomic E-state index is 13.1. The molecule has 1 aromatic carbocycles. The minimum absolute atomic E-state index is 0.0769. The van der Waals surface area contributed by atoms with Crippen LogP contribution in [0.15, 0.2) is 24.3 Å². The molecule has 2 atom stereocenters. The Bertz CT molecular complexity index is 529. The Morgan fingerprint density at radius 3 is 2.45 bits per heavy atom. The maximum absolute atomic E-state index is 13.1. The molecule has 0 aliphatic carbocycles. The Morgan fingerprint density at radius 1 is 1.35 bits per heavy atom. The Hall–Kier alpha value is -1.56. The molecular weight excluding hydrogens is 269 g/mol. The van der Waals surface area contributed by atoms with Crippen molar-refractivity contribution in [2.75, 3.05) is 7.05 Å². The molecule has 3 nitrogen and oxygen atoms in total. The smallest absolute Gasteiger partial charge is 0.324 e. The van der Waals surface area contributed by atoms with E-state index in [9.17, 15) is 18.0 Å². The van der Waals surface area contributed by atoms with Crippen LogP contribution in [0, 0.1) is 0 Å². The van der Waals surface area contributed by atoms with Gasteiger partial charge >= 0.3 is 6.18 Å². The van der Waals surface area contributed by atoms with Crippen molar-refractivity contribution in [3.05, 3.63) is 35.4 Å². The lowest BCUT2D eigenvalue weighted by Crippen LogP contribution is -2.42. The number of hydrogen-bond acceptors (Lipinski definition) is 2. The molecule has 1 heterocycles. The topological polar surface area (TPSA) is 32.3 Å². The van der Waals surface area contributed by atoms with E-state index >= 15 is 0 Å². The number of alkyl halides is 3. The van der Waals surface area contributed by atoms with Crippen LogP contribution in [-0.2, 0) is 11.0 Å². The number of amides is 1. The highest BCUT2D eigenvalue weighted by atomic mass is 19.4. The summed E-state index contributed by atoms with van der Waals surface area (Å²) in [5.41, 5.74) is -1.46. The molecule has 1 amide bonds. The van der Waals surface area contributed by atoms with Gasteiger partial charge in [-0.15, -0.1) is 0 Å². The number of benzene rings is 1. The summed E-state index contributed by atoms with van der Waals surface area (Å²) in [5, 5.41) is 3.02. The molecule has 1 aromatic rings. The van der Waals surface area contributed by atoms with Crippen molar-refractivity contribution in [2.45, 2.75) is 38.1 Å². The lowest BCUT2D eigenvalue weighted by molar-refractivity contribution is -0.139. The van der Waals surface area contributed by atoms with Crippen LogP contribution in [0.4, 0.5) is 13.2 Å². The first-order chi connectivity index (χ1) is 9.20. The molecule has 1 aliphatic rings. The molecule has 0 spiro atoms. The van der Waals surface area contributed by atoms with E-state index in [1.807, 2.05) is 6.92 Å². The highest BCUT2D eigenvalue weighted by molar-refractivity contribution is 5.88. The third kappa shape index (κ3) is 2.28. The fourth-order valence-corrected chi connectivity index (χ4v) is 2.50. The quantitative estimate of drug-likeness (QED) is 0.906. The fraction of sp³-hybridized carbons (Fsp3) is 0.500. The van der Waals surface area contributed by atoms with Gasteiger partial charge in [0.05, 0.1) is 11.1 Å². The van der Waals surface area contributed by atoms with Gasteiger partial charge in [-0.1, -0.05) is 25.1 Å². The number of carbonyl (C=O) groups excluding carboxylic acids is 1. The number of halogens is 3. The van der Waals surface area contributed by atoms with Gasteiger partial charge < -0.3 is 4.90 Å². The molecule has 0 saturated carbocycles. The number of nitrogens with zero attached hydrogens (tertiary/aromatic N) is 1. The molecule has 20 heavy (non-hydrogen) atoms. The van der Waals surface area contributed by atoms with Gasteiger partial charge in [0.15, 0.2) is 0 Å². The average Bonchev–Trinajstić information content (AvgIpc) is 2.63. The zero-order valence-corrected chi connectivity index (χ0v) is 11.6. The van der Waals surface area contributed by atoms with Crippen LogP contribution in [0.2, 0.25) is 0 Å². The van der Waals surface area contributed by atoms with Crippen molar-refractivity contribution in [2.24, 2.45) is 0 Å². The van der Waals surface area contributed by atoms with Gasteiger partial charge in [0.1, 0.15) is 6.17 Å². The molecule has 6 heteroatoms. The first kappa shape index (κ1) is 14.8. The molecule has 1 N–H and O–H groups in total. The predicted octanol–water partition coefficient (Wildman–Crippen LogP) is 2.93. The van der Waals surface area contributed by atoms with Gasteiger partial charge in [-0.05, 0) is 19.4 Å². The molecule has 1 fully saturated rings. The van der Waals surface area contributed by atoms with Crippen LogP contribution in [0.1, 0.15) is 37.6 Å². The zero-order chi connectivity index (χ0) is 15.1. The Morgan fingerprint density at radius 2 is 1.95 bits per heavy atom. The summed E-state index contributed by atoms with van der Waals surface area (Å²) in [6.07, 6.45) is -4.68. The lowest BCUT2D eigenvalue weighted by atomic mass is 9.99. The largest absolute Gasteiger partial charge is 0.416 e. The van der Waals surface area contributed by atoms with Gasteiger partial charge in [-0.3, -0.25) is 10.1 Å². The maximum Gasteiger partial charge on any atom is 0.416 e. The predicted molar refractivity (Wildman–Crippen MR) is 68.8 cm³/mol. The molecule has 2 unspecified atom stereocenters. The Balaban J connectivity index is 2.46. The normalized spacial score (nSPS) is 27.2. The van der Waals surface area contributed by atoms with Gasteiger partial charge in [-0.2, -0.15) is 13.2 Å². The number of rotatable bonds is 2. The first-order valence-corrected chi connectivity index (χ1v) is 6.42. The minimum atomic E-state index is -4.44. The SMILES string of the molecule is CCC1(C)NC(c2ccccc2C(F)(F)F)N(C)C1=O. The van der Waals surface area contributed by atoms with E-state index in [2.05, 4.69) is 5.32 Å². The number of likely N-dealkylation sites (N-methyl/N-ethyl adjacent to an activating group) is 1. The van der Waals surface area contributed by atoms with Gasteiger partial charge in [0.2, 0.25) is 5.91 Å².